The monoisotopic (exact) mass is 520 g/mol. The highest BCUT2D eigenvalue weighted by Crippen LogP contribution is 2.29. The first-order chi connectivity index (χ1) is 17.1. The number of benzene rings is 2. The Balaban J connectivity index is 1.67. The summed E-state index contributed by atoms with van der Waals surface area (Å²) in [5.41, 5.74) is 5.15. The fraction of sp³-hybridized carbons (Fsp3) is 0.185. The summed E-state index contributed by atoms with van der Waals surface area (Å²) in [6, 6.07) is 12.0. The molecule has 0 bridgehead atoms. The zero-order valence-electron chi connectivity index (χ0n) is 20.1. The highest BCUT2D eigenvalue weighted by Gasteiger charge is 2.27. The quantitative estimate of drug-likeness (QED) is 0.330. The number of carboxylic acid groups (broad SMARTS) is 1. The van der Waals surface area contributed by atoms with Crippen molar-refractivity contribution < 1.29 is 19.3 Å². The highest BCUT2D eigenvalue weighted by molar-refractivity contribution is 6.42. The summed E-state index contributed by atoms with van der Waals surface area (Å²) in [6.45, 7) is 6.17. The van der Waals surface area contributed by atoms with Crippen LogP contribution in [-0.4, -0.2) is 26.0 Å². The van der Waals surface area contributed by atoms with Crippen LogP contribution >= 0.6 is 23.2 Å². The summed E-state index contributed by atoms with van der Waals surface area (Å²) in [5, 5.41) is 12.6. The van der Waals surface area contributed by atoms with E-state index in [-0.39, 0.29) is 21.2 Å². The van der Waals surface area contributed by atoms with E-state index in [0.717, 1.165) is 51.8 Å². The zero-order valence-corrected chi connectivity index (χ0v) is 21.6. The van der Waals surface area contributed by atoms with Gasteiger partial charge in [0.1, 0.15) is 5.69 Å². The van der Waals surface area contributed by atoms with Crippen LogP contribution in [0.5, 0.6) is 0 Å². The molecule has 3 aromatic heterocycles. The molecule has 0 aliphatic carbocycles. The molecule has 0 N–H and O–H groups in total. The molecule has 5 aromatic rings. The van der Waals surface area contributed by atoms with Gasteiger partial charge in [0, 0.05) is 34.8 Å². The van der Waals surface area contributed by atoms with Gasteiger partial charge in [-0.05, 0) is 56.3 Å². The van der Waals surface area contributed by atoms with Gasteiger partial charge in [-0.15, -0.1) is 0 Å². The fourth-order valence-corrected chi connectivity index (χ4v) is 5.24. The molecular formula is C27H22Cl2N4O3. The van der Waals surface area contributed by atoms with Gasteiger partial charge in [0.05, 0.1) is 34.1 Å². The van der Waals surface area contributed by atoms with Gasteiger partial charge in [0.15, 0.2) is 5.52 Å². The average Bonchev–Trinajstić information content (AvgIpc) is 3.37. The van der Waals surface area contributed by atoms with Crippen LogP contribution in [0.25, 0.3) is 27.8 Å². The standard InChI is InChI=1S/C27H22Cl2N4O3/c1-5-23-31(4)24-14(2)10-15(3)30-25(24)33(23)17-6-7-22-16(11-17)8-9-32(22)26(34)18-12-20(28)21(29)13-19(18)27(35)36/h6-13H,5H2,1-4H3. The minimum absolute atomic E-state index is 0.0346. The van der Waals surface area contributed by atoms with Crippen LogP contribution in [0.15, 0.2) is 48.7 Å². The predicted molar refractivity (Wildman–Crippen MR) is 137 cm³/mol. The highest BCUT2D eigenvalue weighted by atomic mass is 35.5. The molecule has 36 heavy (non-hydrogen) atoms. The summed E-state index contributed by atoms with van der Waals surface area (Å²) in [4.78, 5) is 29.9. The van der Waals surface area contributed by atoms with E-state index in [2.05, 4.69) is 29.0 Å². The second-order valence-corrected chi connectivity index (χ2v) is 9.56. The molecule has 0 saturated carbocycles. The fourth-order valence-electron chi connectivity index (χ4n) is 4.92. The van der Waals surface area contributed by atoms with Crippen molar-refractivity contribution in [2.24, 2.45) is 7.05 Å². The van der Waals surface area contributed by atoms with Crippen LogP contribution < -0.4 is 9.67 Å². The minimum atomic E-state index is -1.51. The lowest BCUT2D eigenvalue weighted by Gasteiger charge is -2.12. The van der Waals surface area contributed by atoms with Gasteiger partial charge >= 0.3 is 0 Å². The number of aryl methyl sites for hydroxylation is 3. The molecule has 9 heteroatoms. The molecule has 0 radical (unpaired) electrons. The van der Waals surface area contributed by atoms with E-state index >= 15 is 0 Å². The van der Waals surface area contributed by atoms with Crippen molar-refractivity contribution in [2.75, 3.05) is 0 Å². The number of imidazole rings is 1. The SMILES string of the molecule is CCc1n(-c2ccc3c(ccn3C(=O)c3cc(Cl)c(Cl)cc3C(=O)[O-])c2)c2nc(C)cc(C)c2[n+]1C. The maximum atomic E-state index is 13.4. The summed E-state index contributed by atoms with van der Waals surface area (Å²) in [7, 11) is 2.04. The van der Waals surface area contributed by atoms with E-state index < -0.39 is 11.9 Å². The number of carbonyl (C=O) groups excluding carboxylic acids is 2. The van der Waals surface area contributed by atoms with Crippen molar-refractivity contribution in [1.82, 2.24) is 14.1 Å². The molecule has 0 fully saturated rings. The number of halogens is 2. The first-order valence-electron chi connectivity index (χ1n) is 11.4. The summed E-state index contributed by atoms with van der Waals surface area (Å²) < 4.78 is 5.70. The molecule has 5 rings (SSSR count). The molecule has 0 atom stereocenters. The number of pyridine rings is 1. The second-order valence-electron chi connectivity index (χ2n) is 8.75. The van der Waals surface area contributed by atoms with Crippen LogP contribution in [0.3, 0.4) is 0 Å². The Morgan fingerprint density at radius 2 is 1.72 bits per heavy atom. The first-order valence-corrected chi connectivity index (χ1v) is 12.1. The Hall–Kier alpha value is -3.68. The molecule has 2 aromatic carbocycles. The first kappa shape index (κ1) is 24.0. The summed E-state index contributed by atoms with van der Waals surface area (Å²) in [6.07, 6.45) is 2.41. The van der Waals surface area contributed by atoms with Gasteiger partial charge < -0.3 is 9.90 Å². The number of carboxylic acids is 1. The van der Waals surface area contributed by atoms with E-state index in [0.29, 0.717) is 5.52 Å². The van der Waals surface area contributed by atoms with Crippen LogP contribution in [0, 0.1) is 13.8 Å². The third-order valence-corrected chi connectivity index (χ3v) is 7.19. The Bertz CT molecular complexity index is 1730. The lowest BCUT2D eigenvalue weighted by Crippen LogP contribution is -2.33. The number of carbonyl (C=O) groups is 2. The Kier molecular flexibility index (Phi) is 5.85. The van der Waals surface area contributed by atoms with Crippen molar-refractivity contribution in [3.05, 3.63) is 86.9 Å². The lowest BCUT2D eigenvalue weighted by molar-refractivity contribution is -0.653. The normalized spacial score (nSPS) is 11.5. The van der Waals surface area contributed by atoms with E-state index in [1.165, 1.54) is 10.6 Å². The Morgan fingerprint density at radius 1 is 1.03 bits per heavy atom. The maximum Gasteiger partial charge on any atom is 0.274 e. The molecule has 7 nitrogen and oxygen atoms in total. The predicted octanol–water partition coefficient (Wildman–Crippen LogP) is 4.34. The Morgan fingerprint density at radius 3 is 2.39 bits per heavy atom. The van der Waals surface area contributed by atoms with Crippen molar-refractivity contribution in [3.8, 4) is 5.69 Å². The Labute approximate surface area is 217 Å². The average molecular weight is 521 g/mol. The van der Waals surface area contributed by atoms with Gasteiger partial charge in [-0.3, -0.25) is 9.36 Å². The van der Waals surface area contributed by atoms with Crippen molar-refractivity contribution >= 4 is 57.1 Å². The number of rotatable bonds is 4. The van der Waals surface area contributed by atoms with Crippen LogP contribution in [0.4, 0.5) is 0 Å². The van der Waals surface area contributed by atoms with Crippen molar-refractivity contribution in [2.45, 2.75) is 27.2 Å². The van der Waals surface area contributed by atoms with Crippen molar-refractivity contribution in [3.63, 3.8) is 0 Å². The van der Waals surface area contributed by atoms with E-state index in [1.54, 1.807) is 6.20 Å². The van der Waals surface area contributed by atoms with E-state index in [9.17, 15) is 14.7 Å². The lowest BCUT2D eigenvalue weighted by atomic mass is 10.1. The number of aromatic carboxylic acids is 1. The van der Waals surface area contributed by atoms with Gasteiger partial charge in [0.25, 0.3) is 17.4 Å². The van der Waals surface area contributed by atoms with Gasteiger partial charge in [0.2, 0.25) is 0 Å². The molecule has 0 saturated heterocycles. The third kappa shape index (κ3) is 3.67. The molecule has 0 amide bonds. The zero-order chi connectivity index (χ0) is 25.9. The van der Waals surface area contributed by atoms with Crippen LogP contribution in [-0.2, 0) is 13.5 Å². The number of aromatic nitrogens is 4. The molecular weight excluding hydrogens is 499 g/mol. The van der Waals surface area contributed by atoms with Crippen molar-refractivity contribution in [1.29, 1.82) is 0 Å². The maximum absolute atomic E-state index is 13.4. The molecule has 0 spiro atoms. The second kappa shape index (κ2) is 8.76. The summed E-state index contributed by atoms with van der Waals surface area (Å²) in [5.74, 6) is -0.959. The van der Waals surface area contributed by atoms with Gasteiger partial charge in [-0.2, -0.15) is 4.57 Å². The van der Waals surface area contributed by atoms with E-state index in [4.69, 9.17) is 28.2 Å². The van der Waals surface area contributed by atoms with Crippen LogP contribution in [0.2, 0.25) is 10.0 Å². The molecule has 0 unspecified atom stereocenters. The summed E-state index contributed by atoms with van der Waals surface area (Å²) >= 11 is 12.1. The number of fused-ring (bicyclic) bond motifs is 2. The number of nitrogens with zero attached hydrogens (tertiary/aromatic N) is 4. The van der Waals surface area contributed by atoms with Crippen LogP contribution in [0.1, 0.15) is 44.7 Å². The smallest absolute Gasteiger partial charge is 0.274 e. The molecule has 182 valence electrons. The molecule has 0 aliphatic heterocycles. The number of hydrogen-bond donors (Lipinski definition) is 0. The largest absolute Gasteiger partial charge is 0.545 e. The molecule has 3 heterocycles. The topological polar surface area (TPSA) is 83.8 Å². The number of hydrogen-bond acceptors (Lipinski definition) is 4. The molecule has 0 aliphatic rings. The third-order valence-electron chi connectivity index (χ3n) is 6.46. The van der Waals surface area contributed by atoms with Gasteiger partial charge in [-0.25, -0.2) is 9.55 Å². The minimum Gasteiger partial charge on any atom is -0.545 e. The van der Waals surface area contributed by atoms with Gasteiger partial charge in [-0.1, -0.05) is 30.1 Å². The van der Waals surface area contributed by atoms with E-state index in [1.807, 2.05) is 38.2 Å².